The quantitative estimate of drug-likeness (QED) is 0.873. The number of likely N-dealkylation sites (tertiary alicyclic amines) is 1. The average Bonchev–Trinajstić information content (AvgIpc) is 2.41. The molecule has 0 aliphatic carbocycles. The lowest BCUT2D eigenvalue weighted by Gasteiger charge is -2.35. The summed E-state index contributed by atoms with van der Waals surface area (Å²) in [5.74, 6) is 0.131. The van der Waals surface area contributed by atoms with Crippen LogP contribution in [0.3, 0.4) is 0 Å². The van der Waals surface area contributed by atoms with Gasteiger partial charge in [0, 0.05) is 18.8 Å². The molecular weight excluding hydrogens is 240 g/mol. The number of hydrogen-bond donors (Lipinski definition) is 1. The molecule has 2 N–H and O–H groups in total. The van der Waals surface area contributed by atoms with Crippen molar-refractivity contribution in [2.24, 2.45) is 0 Å². The Morgan fingerprint density at radius 1 is 1.47 bits per heavy atom. The second kappa shape index (κ2) is 6.02. The van der Waals surface area contributed by atoms with Crippen LogP contribution in [0.15, 0.2) is 18.3 Å². The molecule has 2 heterocycles. The normalized spacial score (nSPS) is 17.4. The minimum absolute atomic E-state index is 0.131. The fraction of sp³-hybridized carbons (Fsp3) is 0.571. The fourth-order valence-corrected chi connectivity index (χ4v) is 2.41. The van der Waals surface area contributed by atoms with Crippen LogP contribution < -0.4 is 5.73 Å². The monoisotopic (exact) mass is 262 g/mol. The summed E-state index contributed by atoms with van der Waals surface area (Å²) < 4.78 is 0. The number of aromatic nitrogens is 1. The number of likely N-dealkylation sites (N-methyl/N-ethyl adjacent to an activating group) is 1. The van der Waals surface area contributed by atoms with Crippen molar-refractivity contribution >= 4 is 11.6 Å². The van der Waals surface area contributed by atoms with Gasteiger partial charge in [0.05, 0.1) is 18.3 Å². The van der Waals surface area contributed by atoms with Gasteiger partial charge in [0.2, 0.25) is 5.91 Å². The van der Waals surface area contributed by atoms with E-state index in [4.69, 9.17) is 5.73 Å². The second-order valence-electron chi connectivity index (χ2n) is 5.30. The molecule has 1 aliphatic heterocycles. The minimum Gasteiger partial charge on any atom is -0.397 e. The zero-order chi connectivity index (χ0) is 13.8. The molecular formula is C14H22N4O. The Hall–Kier alpha value is -1.62. The molecule has 1 aromatic rings. The first-order valence-corrected chi connectivity index (χ1v) is 6.71. The van der Waals surface area contributed by atoms with Crippen LogP contribution in [0.25, 0.3) is 0 Å². The smallest absolute Gasteiger partial charge is 0.228 e. The number of nitrogens with two attached hydrogens (primary N) is 1. The van der Waals surface area contributed by atoms with Gasteiger partial charge in [-0.2, -0.15) is 0 Å². The summed E-state index contributed by atoms with van der Waals surface area (Å²) in [5.41, 5.74) is 6.99. The summed E-state index contributed by atoms with van der Waals surface area (Å²) in [6.07, 6.45) is 4.04. The molecule has 0 unspecified atom stereocenters. The van der Waals surface area contributed by atoms with E-state index in [-0.39, 0.29) is 5.91 Å². The van der Waals surface area contributed by atoms with Gasteiger partial charge in [0.1, 0.15) is 0 Å². The predicted molar refractivity (Wildman–Crippen MR) is 75.6 cm³/mol. The number of carbonyl (C=O) groups is 1. The molecule has 104 valence electrons. The van der Waals surface area contributed by atoms with Crippen LogP contribution in [0.4, 0.5) is 5.69 Å². The molecule has 0 bridgehead atoms. The maximum Gasteiger partial charge on any atom is 0.228 e. The van der Waals surface area contributed by atoms with E-state index in [0.717, 1.165) is 31.6 Å². The lowest BCUT2D eigenvalue weighted by molar-refractivity contribution is -0.132. The Morgan fingerprint density at radius 3 is 2.74 bits per heavy atom. The van der Waals surface area contributed by atoms with Gasteiger partial charge in [-0.05, 0) is 45.1 Å². The summed E-state index contributed by atoms with van der Waals surface area (Å²) in [6, 6.07) is 3.96. The van der Waals surface area contributed by atoms with Gasteiger partial charge in [-0.3, -0.25) is 9.78 Å². The van der Waals surface area contributed by atoms with Crippen molar-refractivity contribution in [2.75, 3.05) is 32.9 Å². The maximum atomic E-state index is 12.2. The highest BCUT2D eigenvalue weighted by molar-refractivity contribution is 5.78. The van der Waals surface area contributed by atoms with E-state index in [1.807, 2.05) is 18.0 Å². The summed E-state index contributed by atoms with van der Waals surface area (Å²) in [4.78, 5) is 20.6. The third-order valence-corrected chi connectivity index (χ3v) is 3.81. The van der Waals surface area contributed by atoms with E-state index < -0.39 is 0 Å². The molecule has 1 aromatic heterocycles. The molecule has 2 rings (SSSR count). The molecule has 1 amide bonds. The van der Waals surface area contributed by atoms with E-state index in [1.165, 1.54) is 0 Å². The van der Waals surface area contributed by atoms with Crippen molar-refractivity contribution in [3.8, 4) is 0 Å². The second-order valence-corrected chi connectivity index (χ2v) is 5.30. The van der Waals surface area contributed by atoms with Crippen molar-refractivity contribution in [3.05, 3.63) is 24.0 Å². The van der Waals surface area contributed by atoms with Crippen LogP contribution in [-0.4, -0.2) is 53.9 Å². The summed E-state index contributed by atoms with van der Waals surface area (Å²) >= 11 is 0. The van der Waals surface area contributed by atoms with Crippen LogP contribution >= 0.6 is 0 Å². The maximum absolute atomic E-state index is 12.2. The van der Waals surface area contributed by atoms with Crippen LogP contribution in [0, 0.1) is 0 Å². The van der Waals surface area contributed by atoms with Crippen LogP contribution in [0.1, 0.15) is 18.5 Å². The SMILES string of the molecule is CN1CCC(N(C)C(=O)Cc2ccc(N)cn2)CC1. The molecule has 5 heteroatoms. The molecule has 1 saturated heterocycles. The molecule has 0 radical (unpaired) electrons. The molecule has 0 spiro atoms. The first-order chi connectivity index (χ1) is 9.06. The fourth-order valence-electron chi connectivity index (χ4n) is 2.41. The lowest BCUT2D eigenvalue weighted by atomic mass is 10.0. The topological polar surface area (TPSA) is 62.5 Å². The number of pyridine rings is 1. The van der Waals surface area contributed by atoms with E-state index in [2.05, 4.69) is 16.9 Å². The average molecular weight is 262 g/mol. The number of piperidine rings is 1. The van der Waals surface area contributed by atoms with Crippen molar-refractivity contribution in [2.45, 2.75) is 25.3 Å². The third kappa shape index (κ3) is 3.67. The van der Waals surface area contributed by atoms with Gasteiger partial charge in [0.25, 0.3) is 0 Å². The summed E-state index contributed by atoms with van der Waals surface area (Å²) in [7, 11) is 4.02. The molecule has 1 aliphatic rings. The molecule has 0 saturated carbocycles. The molecule has 1 fully saturated rings. The van der Waals surface area contributed by atoms with Gasteiger partial charge in [-0.1, -0.05) is 0 Å². The molecule has 0 aromatic carbocycles. The van der Waals surface area contributed by atoms with Crippen molar-refractivity contribution < 1.29 is 4.79 Å². The predicted octanol–water partition coefficient (Wildman–Crippen LogP) is 0.759. The van der Waals surface area contributed by atoms with Gasteiger partial charge < -0.3 is 15.5 Å². The first kappa shape index (κ1) is 13.8. The number of hydrogen-bond acceptors (Lipinski definition) is 4. The summed E-state index contributed by atoms with van der Waals surface area (Å²) in [5, 5.41) is 0. The van der Waals surface area contributed by atoms with Gasteiger partial charge >= 0.3 is 0 Å². The number of rotatable bonds is 3. The third-order valence-electron chi connectivity index (χ3n) is 3.81. The molecule has 19 heavy (non-hydrogen) atoms. The van der Waals surface area contributed by atoms with Gasteiger partial charge in [-0.15, -0.1) is 0 Å². The van der Waals surface area contributed by atoms with Crippen molar-refractivity contribution in [1.82, 2.24) is 14.8 Å². The highest BCUT2D eigenvalue weighted by Crippen LogP contribution is 2.15. The standard InChI is InChI=1S/C14H22N4O/c1-17-7-5-13(6-8-17)18(2)14(19)9-12-4-3-11(15)10-16-12/h3-4,10,13H,5-9,15H2,1-2H3. The van der Waals surface area contributed by atoms with E-state index in [9.17, 15) is 4.79 Å². The number of nitrogen functional groups attached to an aromatic ring is 1. The highest BCUT2D eigenvalue weighted by Gasteiger charge is 2.23. The Morgan fingerprint density at radius 2 is 2.16 bits per heavy atom. The summed E-state index contributed by atoms with van der Waals surface area (Å²) in [6.45, 7) is 2.12. The Kier molecular flexibility index (Phi) is 4.37. The zero-order valence-electron chi connectivity index (χ0n) is 11.7. The molecule has 0 atom stereocenters. The van der Waals surface area contributed by atoms with Crippen molar-refractivity contribution in [1.29, 1.82) is 0 Å². The Labute approximate surface area is 114 Å². The number of carbonyl (C=O) groups excluding carboxylic acids is 1. The van der Waals surface area contributed by atoms with Crippen LogP contribution in [0.5, 0.6) is 0 Å². The minimum atomic E-state index is 0.131. The van der Waals surface area contributed by atoms with Gasteiger partial charge in [-0.25, -0.2) is 0 Å². The van der Waals surface area contributed by atoms with E-state index >= 15 is 0 Å². The highest BCUT2D eigenvalue weighted by atomic mass is 16.2. The van der Waals surface area contributed by atoms with E-state index in [1.54, 1.807) is 12.3 Å². The lowest BCUT2D eigenvalue weighted by Crippen LogP contribution is -2.45. The Balaban J connectivity index is 1.90. The van der Waals surface area contributed by atoms with Gasteiger partial charge in [0.15, 0.2) is 0 Å². The largest absolute Gasteiger partial charge is 0.397 e. The number of amides is 1. The Bertz CT molecular complexity index is 424. The number of nitrogens with zero attached hydrogens (tertiary/aromatic N) is 3. The van der Waals surface area contributed by atoms with Crippen LogP contribution in [0.2, 0.25) is 0 Å². The first-order valence-electron chi connectivity index (χ1n) is 6.71. The number of anilines is 1. The zero-order valence-corrected chi connectivity index (χ0v) is 11.7. The van der Waals surface area contributed by atoms with Crippen molar-refractivity contribution in [3.63, 3.8) is 0 Å². The molecule has 5 nitrogen and oxygen atoms in total. The van der Waals surface area contributed by atoms with Crippen LogP contribution in [-0.2, 0) is 11.2 Å². The van der Waals surface area contributed by atoms with E-state index in [0.29, 0.717) is 18.2 Å².